The monoisotopic (exact) mass is 387 g/mol. The zero-order valence-corrected chi connectivity index (χ0v) is 16.1. The van der Waals surface area contributed by atoms with Crippen LogP contribution in [-0.2, 0) is 4.79 Å². The van der Waals surface area contributed by atoms with Gasteiger partial charge in [-0.15, -0.1) is 0 Å². The minimum atomic E-state index is 0.0137. The Labute approximate surface area is 168 Å². The first-order valence-electron chi connectivity index (χ1n) is 9.72. The number of hydrogen-bond acceptors (Lipinski definition) is 5. The molecule has 5 heteroatoms. The molecule has 5 nitrogen and oxygen atoms in total. The average molecular weight is 387 g/mol. The number of furan rings is 2. The molecular weight excluding hydrogens is 366 g/mol. The maximum atomic E-state index is 13.4. The number of carbonyl (C=O) groups excluding carboxylic acids is 1. The van der Waals surface area contributed by atoms with Crippen molar-refractivity contribution in [2.24, 2.45) is 0 Å². The number of methoxy groups -OCH3 is 1. The van der Waals surface area contributed by atoms with Gasteiger partial charge in [0.1, 0.15) is 17.3 Å². The van der Waals surface area contributed by atoms with Crippen molar-refractivity contribution in [3.63, 3.8) is 0 Å². The lowest BCUT2D eigenvalue weighted by Gasteiger charge is -2.39. The van der Waals surface area contributed by atoms with E-state index in [2.05, 4.69) is 17.0 Å². The van der Waals surface area contributed by atoms with Gasteiger partial charge in [-0.3, -0.25) is 4.79 Å². The normalized spacial score (nSPS) is 23.9. The number of ether oxygens (including phenoxy) is 1. The van der Waals surface area contributed by atoms with Crippen LogP contribution in [-0.4, -0.2) is 25.0 Å². The molecule has 0 unspecified atom stereocenters. The molecule has 3 aromatic rings. The van der Waals surface area contributed by atoms with E-state index in [4.69, 9.17) is 13.6 Å². The lowest BCUT2D eigenvalue weighted by molar-refractivity contribution is -0.112. The molecule has 0 radical (unpaired) electrons. The molecule has 2 fully saturated rings. The van der Waals surface area contributed by atoms with E-state index in [1.807, 2.05) is 48.6 Å². The highest BCUT2D eigenvalue weighted by Gasteiger charge is 2.46. The Morgan fingerprint density at radius 1 is 0.897 bits per heavy atom. The number of carbonyl (C=O) groups is 1. The Hall–Kier alpha value is -3.47. The van der Waals surface area contributed by atoms with Crippen LogP contribution in [0.1, 0.15) is 24.4 Å². The quantitative estimate of drug-likeness (QED) is 0.592. The summed E-state index contributed by atoms with van der Waals surface area (Å²) in [6.45, 7) is 0. The number of nitrogens with zero attached hydrogens (tertiary/aromatic N) is 1. The molecule has 0 amide bonds. The van der Waals surface area contributed by atoms with Gasteiger partial charge in [0.05, 0.1) is 31.7 Å². The maximum absolute atomic E-state index is 13.4. The minimum absolute atomic E-state index is 0.0137. The summed E-state index contributed by atoms with van der Waals surface area (Å²) in [6, 6.07) is 15.4. The second-order valence-electron chi connectivity index (χ2n) is 7.27. The van der Waals surface area contributed by atoms with E-state index >= 15 is 0 Å². The van der Waals surface area contributed by atoms with Gasteiger partial charge in [0, 0.05) is 16.8 Å². The van der Waals surface area contributed by atoms with Gasteiger partial charge in [0.2, 0.25) is 0 Å². The highest BCUT2D eigenvalue weighted by molar-refractivity contribution is 6.17. The molecule has 2 aromatic heterocycles. The van der Waals surface area contributed by atoms with Crippen LogP contribution in [0.2, 0.25) is 0 Å². The van der Waals surface area contributed by atoms with Crippen molar-refractivity contribution in [1.29, 1.82) is 0 Å². The second kappa shape index (κ2) is 7.17. The Kier molecular flexibility index (Phi) is 4.35. The van der Waals surface area contributed by atoms with Crippen molar-refractivity contribution in [3.8, 4) is 5.75 Å². The molecule has 0 N–H and O–H groups in total. The fourth-order valence-electron chi connectivity index (χ4n) is 4.38. The van der Waals surface area contributed by atoms with E-state index in [0.717, 1.165) is 35.4 Å². The van der Waals surface area contributed by atoms with Crippen molar-refractivity contribution >= 4 is 23.6 Å². The summed E-state index contributed by atoms with van der Waals surface area (Å²) < 4.78 is 16.3. The number of Topliss-reactive ketones (excluding diaryl/α,β-unsaturated/α-hetero) is 1. The van der Waals surface area contributed by atoms with Gasteiger partial charge in [-0.05, 0) is 73.5 Å². The molecule has 0 spiro atoms. The standard InChI is InChI=1S/C24H21NO4/c1-27-17-8-6-16(7-9-17)25-22-10-11-23(25)21(15-19-5-3-13-29-19)24(26)20(22)14-18-4-2-12-28-18/h2-9,12-15,22-23H,10-11H2,1H3/b20-14+,21-15+/t22-,23+. The molecular formula is C24H21NO4. The molecule has 2 saturated heterocycles. The van der Waals surface area contributed by atoms with E-state index in [9.17, 15) is 4.79 Å². The number of hydrogen-bond donors (Lipinski definition) is 0. The molecule has 2 aliphatic rings. The van der Waals surface area contributed by atoms with Gasteiger partial charge >= 0.3 is 0 Å². The molecule has 4 heterocycles. The van der Waals surface area contributed by atoms with Crippen molar-refractivity contribution in [1.82, 2.24) is 0 Å². The largest absolute Gasteiger partial charge is 0.497 e. The van der Waals surface area contributed by atoms with Crippen LogP contribution in [0, 0.1) is 0 Å². The van der Waals surface area contributed by atoms with E-state index in [1.165, 1.54) is 0 Å². The summed E-state index contributed by atoms with van der Waals surface area (Å²) in [5.41, 5.74) is 2.58. The van der Waals surface area contributed by atoms with Crippen LogP contribution < -0.4 is 9.64 Å². The zero-order chi connectivity index (χ0) is 19.8. The van der Waals surface area contributed by atoms with Crippen molar-refractivity contribution in [3.05, 3.63) is 83.7 Å². The van der Waals surface area contributed by atoms with Gasteiger partial charge in [-0.2, -0.15) is 0 Å². The number of rotatable bonds is 4. The molecule has 2 bridgehead atoms. The number of piperidine rings is 1. The Morgan fingerprint density at radius 3 is 1.90 bits per heavy atom. The second-order valence-corrected chi connectivity index (χ2v) is 7.27. The SMILES string of the molecule is COc1ccc(N2[C@@H]3CC[C@H]2/C(=C\c2ccco2)C(=O)/C3=C/c2ccco2)cc1. The predicted molar refractivity (Wildman–Crippen MR) is 111 cm³/mol. The molecule has 29 heavy (non-hydrogen) atoms. The maximum Gasteiger partial charge on any atom is 0.189 e. The van der Waals surface area contributed by atoms with Crippen molar-refractivity contribution in [2.75, 3.05) is 12.0 Å². The molecule has 0 aliphatic carbocycles. The van der Waals surface area contributed by atoms with Gasteiger partial charge in [0.25, 0.3) is 0 Å². The summed E-state index contributed by atoms with van der Waals surface area (Å²) in [5.74, 6) is 2.25. The van der Waals surface area contributed by atoms with Gasteiger partial charge in [-0.25, -0.2) is 0 Å². The van der Waals surface area contributed by atoms with Crippen LogP contribution in [0.3, 0.4) is 0 Å². The smallest absolute Gasteiger partial charge is 0.189 e. The molecule has 5 rings (SSSR count). The molecule has 146 valence electrons. The minimum Gasteiger partial charge on any atom is -0.497 e. The zero-order valence-electron chi connectivity index (χ0n) is 16.1. The predicted octanol–water partition coefficient (Wildman–Crippen LogP) is 4.97. The number of fused-ring (bicyclic) bond motifs is 2. The van der Waals surface area contributed by atoms with Crippen LogP contribution in [0.4, 0.5) is 5.69 Å². The molecule has 0 saturated carbocycles. The first-order valence-corrected chi connectivity index (χ1v) is 9.72. The Bertz CT molecular complexity index is 997. The van der Waals surface area contributed by atoms with E-state index in [1.54, 1.807) is 19.6 Å². The van der Waals surface area contributed by atoms with Crippen LogP contribution in [0.15, 0.2) is 81.0 Å². The number of benzene rings is 1. The first-order chi connectivity index (χ1) is 14.2. The summed E-state index contributed by atoms with van der Waals surface area (Å²) in [5, 5.41) is 0. The Balaban J connectivity index is 1.62. The number of ketones is 1. The molecule has 2 atom stereocenters. The summed E-state index contributed by atoms with van der Waals surface area (Å²) in [4.78, 5) is 15.8. The number of anilines is 1. The van der Waals surface area contributed by atoms with Crippen LogP contribution in [0.25, 0.3) is 12.2 Å². The van der Waals surface area contributed by atoms with Gasteiger partial charge < -0.3 is 18.5 Å². The summed E-state index contributed by atoms with van der Waals surface area (Å²) >= 11 is 0. The Morgan fingerprint density at radius 2 is 1.45 bits per heavy atom. The van der Waals surface area contributed by atoms with E-state index < -0.39 is 0 Å². The third-order valence-corrected chi connectivity index (χ3v) is 5.68. The highest BCUT2D eigenvalue weighted by atomic mass is 16.5. The first kappa shape index (κ1) is 17.6. The van der Waals surface area contributed by atoms with Crippen molar-refractivity contribution < 1.29 is 18.4 Å². The van der Waals surface area contributed by atoms with E-state index in [0.29, 0.717) is 11.5 Å². The van der Waals surface area contributed by atoms with E-state index in [-0.39, 0.29) is 17.9 Å². The van der Waals surface area contributed by atoms with Gasteiger partial charge in [-0.1, -0.05) is 0 Å². The third-order valence-electron chi connectivity index (χ3n) is 5.68. The summed E-state index contributed by atoms with van der Waals surface area (Å²) in [6.07, 6.45) is 8.81. The highest BCUT2D eigenvalue weighted by Crippen LogP contribution is 2.44. The lowest BCUT2D eigenvalue weighted by Crippen LogP contribution is -2.46. The van der Waals surface area contributed by atoms with Crippen LogP contribution in [0.5, 0.6) is 5.75 Å². The fraction of sp³-hybridized carbons (Fsp3) is 0.208. The lowest BCUT2D eigenvalue weighted by atomic mass is 9.88. The summed E-state index contributed by atoms with van der Waals surface area (Å²) in [7, 11) is 1.66. The third kappa shape index (κ3) is 3.09. The molecule has 1 aromatic carbocycles. The molecule has 2 aliphatic heterocycles. The van der Waals surface area contributed by atoms with Gasteiger partial charge in [0.15, 0.2) is 5.78 Å². The topological polar surface area (TPSA) is 55.8 Å². The average Bonchev–Trinajstić information content (AvgIpc) is 3.50. The van der Waals surface area contributed by atoms with Crippen LogP contribution >= 0.6 is 0 Å². The van der Waals surface area contributed by atoms with Crippen molar-refractivity contribution in [2.45, 2.75) is 24.9 Å². The fourth-order valence-corrected chi connectivity index (χ4v) is 4.38.